The maximum atomic E-state index is 7.60. The Bertz CT molecular complexity index is 3140. The predicted molar refractivity (Wildman–Crippen MR) is 211 cm³/mol. The van der Waals surface area contributed by atoms with Crippen LogP contribution in [0.15, 0.2) is 140 Å². The third-order valence-corrected chi connectivity index (χ3v) is 13.5. The van der Waals surface area contributed by atoms with Crippen molar-refractivity contribution in [2.75, 3.05) is 0 Å². The van der Waals surface area contributed by atoms with Crippen molar-refractivity contribution in [2.45, 2.75) is 19.3 Å². The SMILES string of the molecule is [C-]#[N+]c1ccc2c(c1)c1ccccc1n2-c1ccc2[se]c3ccc(-n4c5ccccc5c5c6c(ccc54)-c4ccccc4C6(C)C)cc3c2c1. The van der Waals surface area contributed by atoms with E-state index in [1.165, 1.54) is 74.4 Å². The molecule has 50 heavy (non-hydrogen) atoms. The second-order valence-electron chi connectivity index (χ2n) is 14.0. The fourth-order valence-corrected chi connectivity index (χ4v) is 11.2. The standard InChI is InChI=1S/C46H29N3Se/c1-46(2)37-13-7-4-10-30(37)32-19-21-41-44(45(32)46)33-12-6-9-15-39(33)49(41)29-18-23-43-36(26-29)35-25-28(17-22-42(35)50-43)48-38-14-8-5-11-31(38)34-24-27(47-3)16-20-40(34)48/h4-26H,1-2H3. The van der Waals surface area contributed by atoms with Crippen LogP contribution in [0, 0.1) is 6.57 Å². The zero-order valence-corrected chi connectivity index (χ0v) is 29.2. The summed E-state index contributed by atoms with van der Waals surface area (Å²) in [7, 11) is 0. The second-order valence-corrected chi connectivity index (χ2v) is 16.3. The van der Waals surface area contributed by atoms with E-state index in [0.717, 1.165) is 22.1 Å². The quantitative estimate of drug-likeness (QED) is 0.126. The molecular formula is C46H29N3Se. The van der Waals surface area contributed by atoms with E-state index in [0.29, 0.717) is 5.69 Å². The molecule has 0 N–H and O–H groups in total. The molecule has 0 spiro atoms. The Hall–Kier alpha value is -5.85. The summed E-state index contributed by atoms with van der Waals surface area (Å²) in [4.78, 5) is 3.72. The first-order valence-electron chi connectivity index (χ1n) is 17.1. The van der Waals surface area contributed by atoms with Gasteiger partial charge in [-0.2, -0.15) is 0 Å². The molecule has 0 aliphatic heterocycles. The first kappa shape index (κ1) is 28.0. The molecule has 4 heteroatoms. The number of fused-ring (bicyclic) bond motifs is 13. The van der Waals surface area contributed by atoms with Crippen LogP contribution in [0.25, 0.3) is 90.3 Å². The first-order chi connectivity index (χ1) is 24.5. The molecule has 0 fully saturated rings. The fraction of sp³-hybridized carbons (Fsp3) is 0.0652. The van der Waals surface area contributed by atoms with Gasteiger partial charge < -0.3 is 0 Å². The summed E-state index contributed by atoms with van der Waals surface area (Å²) in [6.45, 7) is 12.4. The Balaban J connectivity index is 1.16. The topological polar surface area (TPSA) is 14.2 Å². The van der Waals surface area contributed by atoms with E-state index in [-0.39, 0.29) is 19.9 Å². The molecule has 7 aromatic carbocycles. The van der Waals surface area contributed by atoms with Crippen LogP contribution in [0.3, 0.4) is 0 Å². The fourth-order valence-electron chi connectivity index (χ4n) is 8.95. The number of aromatic nitrogens is 2. The van der Waals surface area contributed by atoms with Crippen molar-refractivity contribution in [3.63, 3.8) is 0 Å². The van der Waals surface area contributed by atoms with Gasteiger partial charge >= 0.3 is 296 Å². The Labute approximate surface area is 294 Å². The average molecular weight is 703 g/mol. The van der Waals surface area contributed by atoms with Crippen molar-refractivity contribution in [3.05, 3.63) is 162 Å². The number of hydrogen-bond acceptors (Lipinski definition) is 0. The number of rotatable bonds is 2. The van der Waals surface area contributed by atoms with Gasteiger partial charge in [-0.25, -0.2) is 0 Å². The van der Waals surface area contributed by atoms with Crippen LogP contribution in [0.4, 0.5) is 5.69 Å². The molecule has 0 saturated heterocycles. The van der Waals surface area contributed by atoms with Gasteiger partial charge in [-0.15, -0.1) is 0 Å². The van der Waals surface area contributed by atoms with Crippen LogP contribution < -0.4 is 0 Å². The Morgan fingerprint density at radius 3 is 1.86 bits per heavy atom. The average Bonchev–Trinajstić information content (AvgIpc) is 3.86. The van der Waals surface area contributed by atoms with Crippen molar-refractivity contribution in [1.82, 2.24) is 9.13 Å². The van der Waals surface area contributed by atoms with Crippen molar-refractivity contribution < 1.29 is 0 Å². The molecule has 3 nitrogen and oxygen atoms in total. The molecule has 11 rings (SSSR count). The molecule has 10 aromatic rings. The second kappa shape index (κ2) is 9.87. The van der Waals surface area contributed by atoms with Crippen molar-refractivity contribution >= 4 is 83.1 Å². The van der Waals surface area contributed by atoms with Gasteiger partial charge in [0.1, 0.15) is 0 Å². The van der Waals surface area contributed by atoms with Crippen molar-refractivity contribution in [2.24, 2.45) is 0 Å². The third-order valence-electron chi connectivity index (χ3n) is 11.1. The Morgan fingerprint density at radius 1 is 0.520 bits per heavy atom. The molecule has 0 unspecified atom stereocenters. The van der Waals surface area contributed by atoms with Crippen LogP contribution in [0.5, 0.6) is 0 Å². The van der Waals surface area contributed by atoms with Gasteiger partial charge in [0.15, 0.2) is 0 Å². The summed E-state index contributed by atoms with van der Waals surface area (Å²) in [5.74, 6) is 0. The van der Waals surface area contributed by atoms with Gasteiger partial charge in [-0.3, -0.25) is 0 Å². The van der Waals surface area contributed by atoms with Crippen LogP contribution in [0.2, 0.25) is 0 Å². The van der Waals surface area contributed by atoms with Gasteiger partial charge in [0.25, 0.3) is 0 Å². The monoisotopic (exact) mass is 703 g/mol. The Kier molecular flexibility index (Phi) is 5.53. The number of hydrogen-bond donors (Lipinski definition) is 0. The molecule has 1 aliphatic rings. The molecule has 1 aliphatic carbocycles. The minimum absolute atomic E-state index is 0.0967. The van der Waals surface area contributed by atoms with E-state index in [1.54, 1.807) is 0 Å². The molecule has 234 valence electrons. The maximum absolute atomic E-state index is 7.60. The van der Waals surface area contributed by atoms with Crippen LogP contribution in [0.1, 0.15) is 25.0 Å². The van der Waals surface area contributed by atoms with Gasteiger partial charge in [-0.05, 0) is 0 Å². The van der Waals surface area contributed by atoms with E-state index in [1.807, 2.05) is 12.1 Å². The molecule has 0 radical (unpaired) electrons. The van der Waals surface area contributed by atoms with Gasteiger partial charge in [-0.1, -0.05) is 0 Å². The van der Waals surface area contributed by atoms with E-state index in [9.17, 15) is 0 Å². The zero-order chi connectivity index (χ0) is 33.3. The van der Waals surface area contributed by atoms with Gasteiger partial charge in [0.05, 0.1) is 0 Å². The molecule has 3 aromatic heterocycles. The number of nitrogens with zero attached hydrogens (tertiary/aromatic N) is 3. The van der Waals surface area contributed by atoms with Gasteiger partial charge in [0, 0.05) is 0 Å². The van der Waals surface area contributed by atoms with Crippen LogP contribution >= 0.6 is 0 Å². The Morgan fingerprint density at radius 2 is 1.12 bits per heavy atom. The molecular weight excluding hydrogens is 673 g/mol. The first-order valence-corrected chi connectivity index (χ1v) is 18.8. The summed E-state index contributed by atoms with van der Waals surface area (Å²) >= 11 is 0.241. The van der Waals surface area contributed by atoms with Gasteiger partial charge in [0.2, 0.25) is 0 Å². The summed E-state index contributed by atoms with van der Waals surface area (Å²) in [6, 6.07) is 51.3. The number of benzene rings is 7. The van der Waals surface area contributed by atoms with E-state index < -0.39 is 0 Å². The summed E-state index contributed by atoms with van der Waals surface area (Å²) in [5, 5.41) is 7.60. The normalized spacial score (nSPS) is 13.5. The molecule has 0 atom stereocenters. The van der Waals surface area contributed by atoms with Crippen molar-refractivity contribution in [1.29, 1.82) is 0 Å². The zero-order valence-electron chi connectivity index (χ0n) is 27.5. The minimum atomic E-state index is -0.0967. The molecule has 0 saturated carbocycles. The van der Waals surface area contributed by atoms with E-state index in [4.69, 9.17) is 6.57 Å². The summed E-state index contributed by atoms with van der Waals surface area (Å²) in [5.41, 5.74) is 13.2. The van der Waals surface area contributed by atoms with Crippen molar-refractivity contribution in [3.8, 4) is 22.5 Å². The van der Waals surface area contributed by atoms with E-state index >= 15 is 0 Å². The van der Waals surface area contributed by atoms with Crippen LogP contribution in [-0.4, -0.2) is 23.6 Å². The van der Waals surface area contributed by atoms with E-state index in [2.05, 4.69) is 155 Å². The molecule has 3 heterocycles. The molecule has 0 amide bonds. The van der Waals surface area contributed by atoms with Crippen LogP contribution in [-0.2, 0) is 5.41 Å². The predicted octanol–water partition coefficient (Wildman–Crippen LogP) is 12.1. The third kappa shape index (κ3) is 3.58. The summed E-state index contributed by atoms with van der Waals surface area (Å²) < 4.78 is 7.70. The number of para-hydroxylation sites is 2. The molecule has 0 bridgehead atoms. The summed E-state index contributed by atoms with van der Waals surface area (Å²) in [6.07, 6.45) is 0.